The number of nitrogens with zero attached hydrogens (tertiary/aromatic N) is 2. The fraction of sp³-hybridized carbons (Fsp3) is 0.545. The van der Waals surface area contributed by atoms with Crippen molar-refractivity contribution in [2.75, 3.05) is 5.75 Å². The van der Waals surface area contributed by atoms with Crippen molar-refractivity contribution in [3.63, 3.8) is 0 Å². The van der Waals surface area contributed by atoms with Gasteiger partial charge in [-0.3, -0.25) is 4.79 Å². The highest BCUT2D eigenvalue weighted by Crippen LogP contribution is 2.27. The monoisotopic (exact) mass is 238 g/mol. The third kappa shape index (κ3) is 2.72. The molecule has 0 spiro atoms. The van der Waals surface area contributed by atoms with Crippen LogP contribution >= 0.6 is 11.8 Å². The number of carboxylic acid groups (broad SMARTS) is 1. The quantitative estimate of drug-likeness (QED) is 0.495. The van der Waals surface area contributed by atoms with E-state index in [-0.39, 0.29) is 5.75 Å². The summed E-state index contributed by atoms with van der Waals surface area (Å²) >= 11 is 1.30. The van der Waals surface area contributed by atoms with Crippen LogP contribution in [0.1, 0.15) is 30.5 Å². The van der Waals surface area contributed by atoms with Gasteiger partial charge >= 0.3 is 5.97 Å². The van der Waals surface area contributed by atoms with Crippen molar-refractivity contribution < 1.29 is 9.90 Å². The summed E-state index contributed by atoms with van der Waals surface area (Å²) in [5.74, 6) is -0.727. The first-order chi connectivity index (χ1) is 7.77. The van der Waals surface area contributed by atoms with E-state index < -0.39 is 5.97 Å². The predicted octanol–water partition coefficient (Wildman–Crippen LogP) is 1.92. The number of thioether (sulfide) groups is 1. The maximum atomic E-state index is 10.5. The van der Waals surface area contributed by atoms with Crippen LogP contribution < -0.4 is 0 Å². The van der Waals surface area contributed by atoms with Crippen LogP contribution in [0.2, 0.25) is 0 Å². The zero-order valence-electron chi connectivity index (χ0n) is 8.98. The van der Waals surface area contributed by atoms with E-state index in [0.29, 0.717) is 0 Å². The van der Waals surface area contributed by atoms with Gasteiger partial charge in [-0.1, -0.05) is 18.2 Å². The number of rotatable bonds is 3. The van der Waals surface area contributed by atoms with Gasteiger partial charge in [0.1, 0.15) is 11.4 Å². The van der Waals surface area contributed by atoms with Crippen molar-refractivity contribution in [1.29, 1.82) is 0 Å². The lowest BCUT2D eigenvalue weighted by Crippen LogP contribution is -2.03. The predicted molar refractivity (Wildman–Crippen MR) is 61.7 cm³/mol. The Hall–Kier alpha value is -1.10. The Morgan fingerprint density at radius 3 is 2.94 bits per heavy atom. The van der Waals surface area contributed by atoms with Gasteiger partial charge in [0.15, 0.2) is 0 Å². The summed E-state index contributed by atoms with van der Waals surface area (Å²) in [6, 6.07) is 0. The lowest BCUT2D eigenvalue weighted by Gasteiger charge is -2.08. The minimum absolute atomic E-state index is 0.0729. The summed E-state index contributed by atoms with van der Waals surface area (Å²) in [6.07, 6.45) is 7.08. The van der Waals surface area contributed by atoms with Gasteiger partial charge in [0.05, 0.1) is 5.75 Å². The first-order valence-corrected chi connectivity index (χ1v) is 6.43. The maximum absolute atomic E-state index is 10.5. The fourth-order valence-corrected chi connectivity index (χ4v) is 2.70. The van der Waals surface area contributed by atoms with Gasteiger partial charge in [-0.25, -0.2) is 9.97 Å². The molecule has 0 amide bonds. The van der Waals surface area contributed by atoms with Crippen LogP contribution in [-0.2, 0) is 17.6 Å². The minimum Gasteiger partial charge on any atom is -0.481 e. The van der Waals surface area contributed by atoms with Crippen LogP contribution in [0, 0.1) is 0 Å². The molecule has 2 rings (SSSR count). The van der Waals surface area contributed by atoms with E-state index in [1.54, 1.807) is 6.33 Å². The number of aromatic nitrogens is 2. The third-order valence-electron chi connectivity index (χ3n) is 2.67. The summed E-state index contributed by atoms with van der Waals surface area (Å²) in [4.78, 5) is 19.0. The molecule has 0 aromatic carbocycles. The Balaban J connectivity index is 2.20. The third-order valence-corrected chi connectivity index (χ3v) is 3.68. The van der Waals surface area contributed by atoms with Crippen molar-refractivity contribution in [1.82, 2.24) is 9.97 Å². The van der Waals surface area contributed by atoms with Crippen LogP contribution in [0.4, 0.5) is 0 Å². The molecule has 1 aromatic rings. The molecule has 0 unspecified atom stereocenters. The van der Waals surface area contributed by atoms with Gasteiger partial charge in [-0.05, 0) is 25.7 Å². The van der Waals surface area contributed by atoms with Gasteiger partial charge in [0.2, 0.25) is 0 Å². The number of carbonyl (C=O) groups is 1. The second kappa shape index (κ2) is 5.30. The summed E-state index contributed by atoms with van der Waals surface area (Å²) in [5.41, 5.74) is 2.28. The summed E-state index contributed by atoms with van der Waals surface area (Å²) in [7, 11) is 0. The lowest BCUT2D eigenvalue weighted by atomic mass is 10.1. The van der Waals surface area contributed by atoms with E-state index in [0.717, 1.165) is 30.0 Å². The Labute approximate surface area is 98.5 Å². The SMILES string of the molecule is O=C(O)CSc1ncnc2c1CCCCC2. The fourth-order valence-electron chi connectivity index (χ4n) is 1.92. The number of hydrogen-bond donors (Lipinski definition) is 1. The second-order valence-corrected chi connectivity index (χ2v) is 4.81. The molecule has 1 aliphatic rings. The molecule has 0 bridgehead atoms. The molecule has 86 valence electrons. The highest BCUT2D eigenvalue weighted by molar-refractivity contribution is 7.99. The molecule has 1 aliphatic carbocycles. The molecule has 1 heterocycles. The number of carboxylic acids is 1. The first kappa shape index (κ1) is 11.4. The number of hydrogen-bond acceptors (Lipinski definition) is 4. The van der Waals surface area contributed by atoms with Crippen molar-refractivity contribution >= 4 is 17.7 Å². The van der Waals surface area contributed by atoms with Crippen LogP contribution in [-0.4, -0.2) is 26.8 Å². The molecule has 4 nitrogen and oxygen atoms in total. The smallest absolute Gasteiger partial charge is 0.313 e. The molecule has 0 saturated heterocycles. The molecular formula is C11H14N2O2S. The van der Waals surface area contributed by atoms with Crippen molar-refractivity contribution in [3.8, 4) is 0 Å². The van der Waals surface area contributed by atoms with Crippen LogP contribution in [0.3, 0.4) is 0 Å². The largest absolute Gasteiger partial charge is 0.481 e. The normalized spacial score (nSPS) is 15.2. The standard InChI is InChI=1S/C11H14N2O2S/c14-10(15)6-16-11-8-4-2-1-3-5-9(8)12-7-13-11/h7H,1-6H2,(H,14,15). The molecule has 0 radical (unpaired) electrons. The second-order valence-electron chi connectivity index (χ2n) is 3.85. The molecule has 0 fully saturated rings. The van der Waals surface area contributed by atoms with Gasteiger partial charge in [-0.15, -0.1) is 0 Å². The number of aryl methyl sites for hydroxylation is 1. The number of fused-ring (bicyclic) bond motifs is 1. The van der Waals surface area contributed by atoms with Crippen LogP contribution in [0.15, 0.2) is 11.4 Å². The van der Waals surface area contributed by atoms with Gasteiger partial charge in [-0.2, -0.15) is 0 Å². The zero-order valence-corrected chi connectivity index (χ0v) is 9.79. The Morgan fingerprint density at radius 1 is 1.31 bits per heavy atom. The molecule has 0 atom stereocenters. The van der Waals surface area contributed by atoms with Crippen LogP contribution in [0.5, 0.6) is 0 Å². The molecule has 0 saturated carbocycles. The molecule has 16 heavy (non-hydrogen) atoms. The topological polar surface area (TPSA) is 63.1 Å². The highest BCUT2D eigenvalue weighted by atomic mass is 32.2. The van der Waals surface area contributed by atoms with E-state index in [1.165, 1.54) is 30.2 Å². The Bertz CT molecular complexity index is 396. The van der Waals surface area contributed by atoms with Crippen molar-refractivity contribution in [2.24, 2.45) is 0 Å². The molecule has 1 N–H and O–H groups in total. The summed E-state index contributed by atoms with van der Waals surface area (Å²) in [6.45, 7) is 0. The van der Waals surface area contributed by atoms with E-state index >= 15 is 0 Å². The molecule has 1 aromatic heterocycles. The minimum atomic E-state index is -0.800. The average Bonchev–Trinajstić information content (AvgIpc) is 2.51. The summed E-state index contributed by atoms with van der Waals surface area (Å²) in [5, 5.41) is 9.53. The summed E-state index contributed by atoms with van der Waals surface area (Å²) < 4.78 is 0. The highest BCUT2D eigenvalue weighted by Gasteiger charge is 2.15. The van der Waals surface area contributed by atoms with E-state index in [9.17, 15) is 4.79 Å². The Morgan fingerprint density at radius 2 is 2.12 bits per heavy atom. The van der Waals surface area contributed by atoms with E-state index in [2.05, 4.69) is 9.97 Å². The number of aliphatic carboxylic acids is 1. The maximum Gasteiger partial charge on any atom is 0.313 e. The Kier molecular flexibility index (Phi) is 3.77. The molecular weight excluding hydrogens is 224 g/mol. The van der Waals surface area contributed by atoms with Gasteiger partial charge in [0, 0.05) is 11.3 Å². The van der Waals surface area contributed by atoms with E-state index in [1.807, 2.05) is 0 Å². The van der Waals surface area contributed by atoms with Crippen molar-refractivity contribution in [3.05, 3.63) is 17.6 Å². The zero-order chi connectivity index (χ0) is 11.4. The molecule has 5 heteroatoms. The van der Waals surface area contributed by atoms with Crippen molar-refractivity contribution in [2.45, 2.75) is 37.1 Å². The first-order valence-electron chi connectivity index (χ1n) is 5.44. The molecule has 0 aliphatic heterocycles. The van der Waals surface area contributed by atoms with Crippen LogP contribution in [0.25, 0.3) is 0 Å². The van der Waals surface area contributed by atoms with Gasteiger partial charge in [0.25, 0.3) is 0 Å². The van der Waals surface area contributed by atoms with Gasteiger partial charge < -0.3 is 5.11 Å². The average molecular weight is 238 g/mol. The van der Waals surface area contributed by atoms with E-state index in [4.69, 9.17) is 5.11 Å². The lowest BCUT2D eigenvalue weighted by molar-refractivity contribution is -0.133.